The average Bonchev–Trinajstić information content (AvgIpc) is 1.88. The van der Waals surface area contributed by atoms with Gasteiger partial charge in [-0.2, -0.15) is 0 Å². The van der Waals surface area contributed by atoms with E-state index in [4.69, 9.17) is 16.6 Å². The van der Waals surface area contributed by atoms with E-state index in [1.165, 1.54) is 0 Å². The molecule has 0 aliphatic heterocycles. The molecule has 0 aliphatic carbocycles. The van der Waals surface area contributed by atoms with Crippen LogP contribution in [0.2, 0.25) is 0 Å². The van der Waals surface area contributed by atoms with Crippen molar-refractivity contribution in [3.05, 3.63) is 0 Å². The summed E-state index contributed by atoms with van der Waals surface area (Å²) in [6.07, 6.45) is 1.95. The first-order chi connectivity index (χ1) is 4.68. The minimum absolute atomic E-state index is 0.354. The average molecular weight is 145 g/mol. The van der Waals surface area contributed by atoms with E-state index >= 15 is 0 Å². The second-order valence-electron chi connectivity index (χ2n) is 2.19. The Labute approximate surface area is 60.2 Å². The molecule has 0 aromatic heterocycles. The van der Waals surface area contributed by atoms with Gasteiger partial charge in [-0.25, -0.2) is 0 Å². The topological polar surface area (TPSA) is 87.1 Å². The summed E-state index contributed by atoms with van der Waals surface area (Å²) in [7, 11) is 0. The molecular weight excluding hydrogens is 132 g/mol. The Morgan fingerprint density at radius 3 is 2.60 bits per heavy atom. The SMILES string of the molecule is [NH]CCCCC(N)C(=O)O. The number of nitrogens with one attached hydrogen (secondary N) is 1. The van der Waals surface area contributed by atoms with Gasteiger partial charge in [-0.1, -0.05) is 0 Å². The molecule has 1 unspecified atom stereocenters. The molecule has 1 atom stereocenters. The van der Waals surface area contributed by atoms with E-state index in [0.29, 0.717) is 13.0 Å². The van der Waals surface area contributed by atoms with E-state index in [9.17, 15) is 4.79 Å². The summed E-state index contributed by atoms with van der Waals surface area (Å²) in [5.41, 5.74) is 12.0. The molecule has 0 heterocycles. The number of carbonyl (C=O) groups is 1. The molecule has 0 aliphatic rings. The molecule has 0 amide bonds. The maximum Gasteiger partial charge on any atom is 0.320 e. The van der Waals surface area contributed by atoms with Crippen LogP contribution in [0.3, 0.4) is 0 Å². The van der Waals surface area contributed by atoms with Crippen LogP contribution in [0, 0.1) is 0 Å². The Hall–Kier alpha value is -0.610. The number of aliphatic carboxylic acids is 1. The zero-order valence-corrected chi connectivity index (χ0v) is 5.84. The van der Waals surface area contributed by atoms with Crippen LogP contribution in [0.1, 0.15) is 19.3 Å². The van der Waals surface area contributed by atoms with Crippen molar-refractivity contribution in [1.29, 1.82) is 0 Å². The van der Waals surface area contributed by atoms with Gasteiger partial charge in [0.15, 0.2) is 0 Å². The van der Waals surface area contributed by atoms with Crippen LogP contribution in [0.25, 0.3) is 0 Å². The van der Waals surface area contributed by atoms with Gasteiger partial charge in [0.25, 0.3) is 0 Å². The molecule has 59 valence electrons. The van der Waals surface area contributed by atoms with Crippen LogP contribution in [0.5, 0.6) is 0 Å². The molecule has 0 rings (SSSR count). The number of nitrogens with two attached hydrogens (primary N) is 1. The molecule has 0 aromatic rings. The largest absolute Gasteiger partial charge is 0.480 e. The van der Waals surface area contributed by atoms with Crippen molar-refractivity contribution < 1.29 is 9.90 Å². The summed E-state index contributed by atoms with van der Waals surface area (Å²) >= 11 is 0. The number of hydrogen-bond donors (Lipinski definition) is 2. The summed E-state index contributed by atoms with van der Waals surface area (Å²) in [6.45, 7) is 0.354. The number of unbranched alkanes of at least 4 members (excludes halogenated alkanes) is 1. The summed E-state index contributed by atoms with van der Waals surface area (Å²) in [4.78, 5) is 10.1. The lowest BCUT2D eigenvalue weighted by Crippen LogP contribution is -2.29. The third-order valence-corrected chi connectivity index (χ3v) is 1.26. The molecule has 0 spiro atoms. The van der Waals surface area contributed by atoms with Crippen molar-refractivity contribution in [1.82, 2.24) is 5.73 Å². The van der Waals surface area contributed by atoms with Crippen LogP contribution >= 0.6 is 0 Å². The molecule has 0 bridgehead atoms. The van der Waals surface area contributed by atoms with Crippen LogP contribution in [-0.2, 0) is 4.79 Å². The highest BCUT2D eigenvalue weighted by atomic mass is 16.4. The fourth-order valence-electron chi connectivity index (χ4n) is 0.613. The van der Waals surface area contributed by atoms with E-state index < -0.39 is 12.0 Å². The summed E-state index contributed by atoms with van der Waals surface area (Å²) in [5, 5.41) is 8.31. The maximum atomic E-state index is 10.1. The summed E-state index contributed by atoms with van der Waals surface area (Å²) in [6, 6.07) is -0.744. The normalized spacial score (nSPS) is 13.0. The van der Waals surface area contributed by atoms with Gasteiger partial charge in [0.2, 0.25) is 0 Å². The molecule has 1 radical (unpaired) electrons. The first-order valence-electron chi connectivity index (χ1n) is 3.31. The summed E-state index contributed by atoms with van der Waals surface area (Å²) < 4.78 is 0. The van der Waals surface area contributed by atoms with Crippen molar-refractivity contribution in [2.24, 2.45) is 5.73 Å². The van der Waals surface area contributed by atoms with E-state index in [2.05, 4.69) is 0 Å². The molecule has 10 heavy (non-hydrogen) atoms. The van der Waals surface area contributed by atoms with Gasteiger partial charge in [-0.15, -0.1) is 0 Å². The number of carboxylic acid groups (broad SMARTS) is 1. The summed E-state index contributed by atoms with van der Waals surface area (Å²) in [5.74, 6) is -0.954. The second-order valence-corrected chi connectivity index (χ2v) is 2.19. The van der Waals surface area contributed by atoms with Crippen molar-refractivity contribution in [2.75, 3.05) is 6.54 Å². The molecule has 4 heteroatoms. The van der Waals surface area contributed by atoms with Gasteiger partial charge < -0.3 is 10.8 Å². The highest BCUT2D eigenvalue weighted by Gasteiger charge is 2.09. The van der Waals surface area contributed by atoms with E-state index in [0.717, 1.165) is 12.8 Å². The number of hydrogen-bond acceptors (Lipinski definition) is 2. The van der Waals surface area contributed by atoms with Gasteiger partial charge in [0, 0.05) is 6.54 Å². The minimum atomic E-state index is -0.954. The Morgan fingerprint density at radius 1 is 1.60 bits per heavy atom. The molecule has 0 saturated carbocycles. The Morgan fingerprint density at radius 2 is 2.20 bits per heavy atom. The lowest BCUT2D eigenvalue weighted by Gasteiger charge is -2.03. The first kappa shape index (κ1) is 9.39. The molecular formula is C6H13N2O2. The van der Waals surface area contributed by atoms with E-state index in [1.807, 2.05) is 0 Å². The second kappa shape index (κ2) is 5.20. The Bertz CT molecular complexity index is 106. The standard InChI is InChI=1S/C6H13N2O2/c7-4-2-1-3-5(8)6(9)10/h5,7H,1-4,8H2,(H,9,10). The van der Waals surface area contributed by atoms with Crippen LogP contribution in [-0.4, -0.2) is 23.7 Å². The zero-order chi connectivity index (χ0) is 7.98. The van der Waals surface area contributed by atoms with Crippen molar-refractivity contribution >= 4 is 5.97 Å². The highest BCUT2D eigenvalue weighted by molar-refractivity contribution is 5.72. The van der Waals surface area contributed by atoms with Gasteiger partial charge in [-0.3, -0.25) is 10.5 Å². The fourth-order valence-corrected chi connectivity index (χ4v) is 0.613. The smallest absolute Gasteiger partial charge is 0.320 e. The Balaban J connectivity index is 3.21. The first-order valence-corrected chi connectivity index (χ1v) is 3.31. The van der Waals surface area contributed by atoms with Gasteiger partial charge in [0.05, 0.1) is 0 Å². The molecule has 0 saturated heterocycles. The quantitative estimate of drug-likeness (QED) is 0.527. The number of rotatable bonds is 5. The molecule has 0 fully saturated rings. The van der Waals surface area contributed by atoms with Crippen molar-refractivity contribution in [3.8, 4) is 0 Å². The van der Waals surface area contributed by atoms with Crippen LogP contribution in [0.15, 0.2) is 0 Å². The third kappa shape index (κ3) is 4.29. The Kier molecular flexibility index (Phi) is 4.88. The zero-order valence-electron chi connectivity index (χ0n) is 5.84. The van der Waals surface area contributed by atoms with Crippen LogP contribution < -0.4 is 11.5 Å². The molecule has 4 nitrogen and oxygen atoms in total. The van der Waals surface area contributed by atoms with Crippen molar-refractivity contribution in [3.63, 3.8) is 0 Å². The molecule has 0 aromatic carbocycles. The van der Waals surface area contributed by atoms with E-state index in [1.54, 1.807) is 0 Å². The van der Waals surface area contributed by atoms with Gasteiger partial charge >= 0.3 is 5.97 Å². The van der Waals surface area contributed by atoms with Gasteiger partial charge in [0.1, 0.15) is 6.04 Å². The predicted octanol–water partition coefficient (Wildman–Crippen LogP) is -0.149. The lowest BCUT2D eigenvalue weighted by atomic mass is 10.1. The highest BCUT2D eigenvalue weighted by Crippen LogP contribution is 1.97. The van der Waals surface area contributed by atoms with E-state index in [-0.39, 0.29) is 0 Å². The third-order valence-electron chi connectivity index (χ3n) is 1.26. The fraction of sp³-hybridized carbons (Fsp3) is 0.833. The van der Waals surface area contributed by atoms with Crippen LogP contribution in [0.4, 0.5) is 0 Å². The maximum absolute atomic E-state index is 10.1. The van der Waals surface area contributed by atoms with Gasteiger partial charge in [-0.05, 0) is 19.3 Å². The van der Waals surface area contributed by atoms with Crippen molar-refractivity contribution in [2.45, 2.75) is 25.3 Å². The molecule has 4 N–H and O–H groups in total. The number of carboxylic acids is 1. The monoisotopic (exact) mass is 145 g/mol. The predicted molar refractivity (Wildman–Crippen MR) is 37.4 cm³/mol. The minimum Gasteiger partial charge on any atom is -0.480 e. The lowest BCUT2D eigenvalue weighted by molar-refractivity contribution is -0.138.